The van der Waals surface area contributed by atoms with Crippen LogP contribution in [0.25, 0.3) is 0 Å². The average molecular weight is 650 g/mol. The molecule has 2 N–H and O–H groups in total. The predicted octanol–water partition coefficient (Wildman–Crippen LogP) is 6.39. The lowest BCUT2D eigenvalue weighted by atomic mass is 10.1. The Balaban J connectivity index is 1.86. The first kappa shape index (κ1) is 37.8. The van der Waals surface area contributed by atoms with Crippen molar-refractivity contribution in [3.8, 4) is 0 Å². The Morgan fingerprint density at radius 2 is 1.43 bits per heavy atom. The van der Waals surface area contributed by atoms with E-state index in [-0.39, 0.29) is 31.1 Å². The summed E-state index contributed by atoms with van der Waals surface area (Å²) in [6.07, 6.45) is 7.09. The van der Waals surface area contributed by atoms with Gasteiger partial charge >= 0.3 is 12.1 Å². The van der Waals surface area contributed by atoms with Crippen molar-refractivity contribution in [2.75, 3.05) is 63.8 Å². The van der Waals surface area contributed by atoms with E-state index in [0.29, 0.717) is 31.9 Å². The van der Waals surface area contributed by atoms with Crippen LogP contribution in [0.5, 0.6) is 0 Å². The van der Waals surface area contributed by atoms with Crippen molar-refractivity contribution in [3.05, 3.63) is 60.2 Å². The van der Waals surface area contributed by atoms with E-state index in [1.54, 1.807) is 14.7 Å². The molecule has 3 rings (SSSR count). The van der Waals surface area contributed by atoms with E-state index in [9.17, 15) is 14.4 Å². The second-order valence-electron chi connectivity index (χ2n) is 12.4. The molecule has 1 atom stereocenters. The van der Waals surface area contributed by atoms with Crippen molar-refractivity contribution in [1.82, 2.24) is 30.5 Å². The molecule has 1 heterocycles. The third kappa shape index (κ3) is 11.5. The summed E-state index contributed by atoms with van der Waals surface area (Å²) < 4.78 is 0. The van der Waals surface area contributed by atoms with Crippen LogP contribution in [-0.2, 0) is 4.79 Å². The highest BCUT2D eigenvalue weighted by atomic mass is 16.2. The minimum atomic E-state index is -0.861. The van der Waals surface area contributed by atoms with E-state index in [2.05, 4.69) is 43.4 Å². The number of para-hydroxylation sites is 1. The Labute approximate surface area is 283 Å². The molecular formula is C37H59N7O3. The van der Waals surface area contributed by atoms with Gasteiger partial charge in [0.1, 0.15) is 6.04 Å². The Bertz CT molecular complexity index is 1210. The number of nitrogens with one attached hydrogen (secondary N) is 2. The number of benzene rings is 2. The number of hydrazine groups is 1. The number of amides is 5. The van der Waals surface area contributed by atoms with Gasteiger partial charge in [0.05, 0.1) is 17.9 Å². The number of hydrogen-bond acceptors (Lipinski definition) is 5. The summed E-state index contributed by atoms with van der Waals surface area (Å²) in [5.41, 5.74) is 8.44. The van der Waals surface area contributed by atoms with Crippen LogP contribution >= 0.6 is 0 Å². The van der Waals surface area contributed by atoms with Crippen LogP contribution in [-0.4, -0.2) is 103 Å². The zero-order valence-electron chi connectivity index (χ0n) is 29.5. The van der Waals surface area contributed by atoms with Crippen LogP contribution in [0.1, 0.15) is 78.2 Å². The number of hydrogen-bond donors (Lipinski definition) is 2. The Morgan fingerprint density at radius 1 is 0.766 bits per heavy atom. The molecule has 0 aliphatic carbocycles. The van der Waals surface area contributed by atoms with Crippen LogP contribution < -0.4 is 15.8 Å². The Hall–Kier alpha value is -3.63. The van der Waals surface area contributed by atoms with Gasteiger partial charge in [0.2, 0.25) is 0 Å². The highest BCUT2D eigenvalue weighted by Gasteiger charge is 2.40. The van der Waals surface area contributed by atoms with Crippen LogP contribution in [0.15, 0.2) is 54.6 Å². The number of carbonyl (C=O) groups is 3. The molecule has 1 aliphatic heterocycles. The fourth-order valence-electron chi connectivity index (χ4n) is 6.02. The number of rotatable bonds is 18. The van der Waals surface area contributed by atoms with E-state index in [1.807, 2.05) is 66.4 Å². The third-order valence-corrected chi connectivity index (χ3v) is 8.88. The second-order valence-corrected chi connectivity index (χ2v) is 12.4. The summed E-state index contributed by atoms with van der Waals surface area (Å²) in [5.74, 6) is -0.320. The summed E-state index contributed by atoms with van der Waals surface area (Å²) in [5, 5.41) is 0. The van der Waals surface area contributed by atoms with Crippen molar-refractivity contribution in [2.45, 2.75) is 85.6 Å². The summed E-state index contributed by atoms with van der Waals surface area (Å²) in [6.45, 7) is 16.3. The summed E-state index contributed by atoms with van der Waals surface area (Å²) in [6, 6.07) is 16.1. The number of urea groups is 2. The largest absolute Gasteiger partial charge is 0.329 e. The van der Waals surface area contributed by atoms with Gasteiger partial charge in [0.15, 0.2) is 0 Å². The van der Waals surface area contributed by atoms with E-state index < -0.39 is 6.04 Å². The standard InChI is InChI=1S/C37H59N7O3/c1-6-10-15-25-41(26-16-11-7-2)36(46)42-27-28-43(34(30-42)35(45)39-38-23-18-24-40(8-3)9-4)37(47)44(32-20-13-12-14-21-32)33-22-17-19-31(5)29-33/h12-14,17,19-22,29,34,38H,6-11,15-16,18,23-28,30H2,1-5H3,(H,39,45). The van der Waals surface area contributed by atoms with Gasteiger partial charge in [-0.05, 0) is 75.6 Å². The van der Waals surface area contributed by atoms with Gasteiger partial charge < -0.3 is 19.6 Å². The summed E-state index contributed by atoms with van der Waals surface area (Å²) >= 11 is 0. The zero-order chi connectivity index (χ0) is 34.0. The first-order chi connectivity index (χ1) is 22.8. The van der Waals surface area contributed by atoms with Gasteiger partial charge in [-0.2, -0.15) is 0 Å². The van der Waals surface area contributed by atoms with Gasteiger partial charge in [0.25, 0.3) is 5.91 Å². The van der Waals surface area contributed by atoms with Gasteiger partial charge in [0, 0.05) is 32.7 Å². The topological polar surface area (TPSA) is 91.5 Å². The third-order valence-electron chi connectivity index (χ3n) is 8.88. The van der Waals surface area contributed by atoms with Crippen LogP contribution in [0.2, 0.25) is 0 Å². The lowest BCUT2D eigenvalue weighted by Gasteiger charge is -2.43. The highest BCUT2D eigenvalue weighted by molar-refractivity contribution is 6.01. The lowest BCUT2D eigenvalue weighted by molar-refractivity contribution is -0.128. The SMILES string of the molecule is CCCCCN(CCCCC)C(=O)N1CCN(C(=O)N(c2ccccc2)c2cccc(C)c2)C(C(=O)NNCCCN(CC)CC)C1. The average Bonchev–Trinajstić information content (AvgIpc) is 3.09. The summed E-state index contributed by atoms with van der Waals surface area (Å²) in [4.78, 5) is 51.7. The maximum atomic E-state index is 14.5. The molecule has 0 spiro atoms. The van der Waals surface area contributed by atoms with Crippen molar-refractivity contribution in [3.63, 3.8) is 0 Å². The van der Waals surface area contributed by atoms with Crippen LogP contribution in [0.4, 0.5) is 21.0 Å². The van der Waals surface area contributed by atoms with Gasteiger partial charge in [-0.15, -0.1) is 0 Å². The van der Waals surface area contributed by atoms with Gasteiger partial charge in [-0.25, -0.2) is 15.0 Å². The van der Waals surface area contributed by atoms with E-state index in [4.69, 9.17) is 0 Å². The molecule has 10 heteroatoms. The molecule has 0 radical (unpaired) electrons. The fourth-order valence-corrected chi connectivity index (χ4v) is 6.02. The zero-order valence-corrected chi connectivity index (χ0v) is 29.5. The molecule has 2 aromatic carbocycles. The Morgan fingerprint density at radius 3 is 2.04 bits per heavy atom. The van der Waals surface area contributed by atoms with Gasteiger partial charge in [-0.1, -0.05) is 83.7 Å². The molecule has 1 unspecified atom stereocenters. The minimum Gasteiger partial charge on any atom is -0.325 e. The predicted molar refractivity (Wildman–Crippen MR) is 192 cm³/mol. The summed E-state index contributed by atoms with van der Waals surface area (Å²) in [7, 11) is 0. The van der Waals surface area contributed by atoms with Crippen molar-refractivity contribution >= 4 is 29.3 Å². The molecule has 47 heavy (non-hydrogen) atoms. The number of unbranched alkanes of at least 4 members (excludes halogenated alkanes) is 4. The smallest absolute Gasteiger partial charge is 0.325 e. The lowest BCUT2D eigenvalue weighted by Crippen LogP contribution is -2.65. The molecule has 0 aromatic heterocycles. The van der Waals surface area contributed by atoms with E-state index in [1.165, 1.54) is 0 Å². The van der Waals surface area contributed by atoms with Gasteiger partial charge in [-0.3, -0.25) is 15.1 Å². The molecule has 1 saturated heterocycles. The minimum absolute atomic E-state index is 0.0483. The van der Waals surface area contributed by atoms with E-state index >= 15 is 0 Å². The molecular weight excluding hydrogens is 590 g/mol. The molecule has 1 aliphatic rings. The Kier molecular flexibility index (Phi) is 16.6. The maximum Gasteiger partial charge on any atom is 0.329 e. The number of aryl methyl sites for hydroxylation is 1. The number of anilines is 2. The van der Waals surface area contributed by atoms with Crippen LogP contribution in [0.3, 0.4) is 0 Å². The first-order valence-corrected chi connectivity index (χ1v) is 17.9. The first-order valence-electron chi connectivity index (χ1n) is 17.9. The molecule has 0 saturated carbocycles. The van der Waals surface area contributed by atoms with Crippen molar-refractivity contribution in [1.29, 1.82) is 0 Å². The maximum absolute atomic E-state index is 14.5. The molecule has 0 bridgehead atoms. The monoisotopic (exact) mass is 649 g/mol. The molecule has 1 fully saturated rings. The highest BCUT2D eigenvalue weighted by Crippen LogP contribution is 2.29. The second kappa shape index (κ2) is 20.6. The number of piperazine rings is 1. The molecule has 2 aromatic rings. The normalized spacial score (nSPS) is 14.7. The number of nitrogens with zero attached hydrogens (tertiary/aromatic N) is 5. The molecule has 260 valence electrons. The molecule has 10 nitrogen and oxygen atoms in total. The fraction of sp³-hybridized carbons (Fsp3) is 0.595. The van der Waals surface area contributed by atoms with Crippen LogP contribution in [0, 0.1) is 6.92 Å². The van der Waals surface area contributed by atoms with Crippen molar-refractivity contribution in [2.24, 2.45) is 0 Å². The number of carbonyl (C=O) groups excluding carboxylic acids is 3. The van der Waals surface area contributed by atoms with E-state index in [0.717, 1.165) is 75.8 Å². The van der Waals surface area contributed by atoms with Crippen molar-refractivity contribution < 1.29 is 14.4 Å². The quantitative estimate of drug-likeness (QED) is 0.144. The molecule has 5 amide bonds.